The summed E-state index contributed by atoms with van der Waals surface area (Å²) in [6.45, 7) is 8.25. The van der Waals surface area contributed by atoms with Crippen LogP contribution in [0.1, 0.15) is 53.0 Å². The standard InChI is InChI=1S/C24H29N5O/c1-3-29-16-22(17(2)27-29)15-28-11-9-18(10-12-28)23-8-7-21(14-26-23)19-5-4-6-20(13-19)24(25)30/h4-8,13-14,16,18H,3,9-12,15H2,1-2H3,(H2,25,30). The Morgan fingerprint density at radius 2 is 1.97 bits per heavy atom. The van der Waals surface area contributed by atoms with E-state index in [4.69, 9.17) is 10.7 Å². The van der Waals surface area contributed by atoms with E-state index in [0.29, 0.717) is 11.5 Å². The van der Waals surface area contributed by atoms with Crippen molar-refractivity contribution in [2.24, 2.45) is 5.73 Å². The number of piperidine rings is 1. The minimum Gasteiger partial charge on any atom is -0.366 e. The summed E-state index contributed by atoms with van der Waals surface area (Å²) in [4.78, 5) is 18.7. The molecule has 0 saturated carbocycles. The van der Waals surface area contributed by atoms with Gasteiger partial charge in [0.25, 0.3) is 0 Å². The van der Waals surface area contributed by atoms with Gasteiger partial charge in [-0.15, -0.1) is 0 Å². The van der Waals surface area contributed by atoms with Gasteiger partial charge in [0.2, 0.25) is 5.91 Å². The topological polar surface area (TPSA) is 77.0 Å². The fraction of sp³-hybridized carbons (Fsp3) is 0.375. The van der Waals surface area contributed by atoms with Gasteiger partial charge in [-0.1, -0.05) is 18.2 Å². The van der Waals surface area contributed by atoms with Gasteiger partial charge in [-0.3, -0.25) is 19.4 Å². The van der Waals surface area contributed by atoms with Crippen molar-refractivity contribution in [2.45, 2.75) is 45.7 Å². The highest BCUT2D eigenvalue weighted by Gasteiger charge is 2.22. The molecule has 156 valence electrons. The lowest BCUT2D eigenvalue weighted by molar-refractivity contribution is 0.100. The van der Waals surface area contributed by atoms with Crippen molar-refractivity contribution in [3.05, 3.63) is 71.3 Å². The highest BCUT2D eigenvalue weighted by Crippen LogP contribution is 2.29. The number of rotatable bonds is 6. The second-order valence-corrected chi connectivity index (χ2v) is 8.06. The van der Waals surface area contributed by atoms with E-state index in [2.05, 4.69) is 42.2 Å². The molecule has 6 heteroatoms. The van der Waals surface area contributed by atoms with Gasteiger partial charge in [0.05, 0.1) is 5.69 Å². The zero-order chi connectivity index (χ0) is 21.1. The molecule has 0 unspecified atom stereocenters. The summed E-state index contributed by atoms with van der Waals surface area (Å²) in [7, 11) is 0. The predicted octanol–water partition coefficient (Wildman–Crippen LogP) is 3.75. The number of aryl methyl sites for hydroxylation is 2. The summed E-state index contributed by atoms with van der Waals surface area (Å²) < 4.78 is 2.02. The van der Waals surface area contributed by atoms with E-state index in [9.17, 15) is 4.79 Å². The van der Waals surface area contributed by atoms with Crippen molar-refractivity contribution >= 4 is 5.91 Å². The molecule has 2 N–H and O–H groups in total. The molecule has 0 spiro atoms. The molecule has 3 aromatic rings. The fourth-order valence-corrected chi connectivity index (χ4v) is 4.17. The summed E-state index contributed by atoms with van der Waals surface area (Å²) in [6, 6.07) is 11.6. The highest BCUT2D eigenvalue weighted by molar-refractivity contribution is 5.94. The Kier molecular flexibility index (Phi) is 5.95. The molecular weight excluding hydrogens is 374 g/mol. The molecule has 0 bridgehead atoms. The molecule has 6 nitrogen and oxygen atoms in total. The van der Waals surface area contributed by atoms with Crippen LogP contribution in [0.4, 0.5) is 0 Å². The first-order chi connectivity index (χ1) is 14.5. The number of likely N-dealkylation sites (tertiary alicyclic amines) is 1. The lowest BCUT2D eigenvalue weighted by atomic mass is 9.92. The zero-order valence-electron chi connectivity index (χ0n) is 17.7. The maximum atomic E-state index is 11.4. The van der Waals surface area contributed by atoms with Gasteiger partial charge in [0.1, 0.15) is 0 Å². The summed E-state index contributed by atoms with van der Waals surface area (Å²) in [5.74, 6) is 0.0807. The zero-order valence-corrected chi connectivity index (χ0v) is 17.7. The molecule has 0 atom stereocenters. The monoisotopic (exact) mass is 403 g/mol. The fourth-order valence-electron chi connectivity index (χ4n) is 4.17. The number of nitrogens with zero attached hydrogens (tertiary/aromatic N) is 4. The number of hydrogen-bond acceptors (Lipinski definition) is 4. The molecule has 1 aliphatic rings. The maximum Gasteiger partial charge on any atom is 0.248 e. The third-order valence-electron chi connectivity index (χ3n) is 6.04. The molecule has 1 amide bonds. The number of nitrogens with two attached hydrogens (primary N) is 1. The number of amides is 1. The van der Waals surface area contributed by atoms with Crippen LogP contribution in [0.3, 0.4) is 0 Å². The Morgan fingerprint density at radius 1 is 1.17 bits per heavy atom. The van der Waals surface area contributed by atoms with E-state index in [1.54, 1.807) is 6.07 Å². The van der Waals surface area contributed by atoms with Crippen molar-refractivity contribution in [3.8, 4) is 11.1 Å². The van der Waals surface area contributed by atoms with Gasteiger partial charge in [-0.25, -0.2) is 0 Å². The third-order valence-corrected chi connectivity index (χ3v) is 6.04. The van der Waals surface area contributed by atoms with Crippen molar-refractivity contribution in [2.75, 3.05) is 13.1 Å². The lowest BCUT2D eigenvalue weighted by Gasteiger charge is -2.31. The average Bonchev–Trinajstić information content (AvgIpc) is 3.14. The van der Waals surface area contributed by atoms with Crippen LogP contribution in [-0.4, -0.2) is 38.7 Å². The van der Waals surface area contributed by atoms with E-state index in [1.807, 2.05) is 29.1 Å². The van der Waals surface area contributed by atoms with Gasteiger partial charge in [-0.05, 0) is 63.5 Å². The van der Waals surface area contributed by atoms with Crippen molar-refractivity contribution < 1.29 is 4.79 Å². The van der Waals surface area contributed by atoms with Gasteiger partial charge in [0.15, 0.2) is 0 Å². The number of primary amides is 1. The smallest absolute Gasteiger partial charge is 0.248 e. The van der Waals surface area contributed by atoms with Crippen molar-refractivity contribution in [3.63, 3.8) is 0 Å². The van der Waals surface area contributed by atoms with E-state index >= 15 is 0 Å². The summed E-state index contributed by atoms with van der Waals surface area (Å²) in [5, 5.41) is 4.56. The Bertz CT molecular complexity index is 1020. The summed E-state index contributed by atoms with van der Waals surface area (Å²) >= 11 is 0. The molecule has 0 aliphatic carbocycles. The largest absolute Gasteiger partial charge is 0.366 e. The normalized spacial score (nSPS) is 15.4. The molecule has 1 fully saturated rings. The Hall–Kier alpha value is -2.99. The van der Waals surface area contributed by atoms with Gasteiger partial charge >= 0.3 is 0 Å². The first-order valence-corrected chi connectivity index (χ1v) is 10.6. The molecule has 1 saturated heterocycles. The van der Waals surface area contributed by atoms with Crippen LogP contribution < -0.4 is 5.73 Å². The molecule has 4 rings (SSSR count). The molecule has 1 aromatic carbocycles. The molecule has 1 aliphatic heterocycles. The van der Waals surface area contributed by atoms with Crippen LogP contribution in [-0.2, 0) is 13.1 Å². The number of aromatic nitrogens is 3. The average molecular weight is 404 g/mol. The second kappa shape index (κ2) is 8.79. The van der Waals surface area contributed by atoms with Crippen molar-refractivity contribution in [1.82, 2.24) is 19.7 Å². The van der Waals surface area contributed by atoms with Crippen LogP contribution in [0.25, 0.3) is 11.1 Å². The summed E-state index contributed by atoms with van der Waals surface area (Å²) in [5.41, 5.74) is 11.5. The van der Waals surface area contributed by atoms with Crippen LogP contribution >= 0.6 is 0 Å². The third kappa shape index (κ3) is 4.44. The minimum absolute atomic E-state index is 0.412. The number of carbonyl (C=O) groups excluding carboxylic acids is 1. The van der Waals surface area contributed by atoms with E-state index in [1.165, 1.54) is 5.56 Å². The van der Waals surface area contributed by atoms with Crippen LogP contribution in [0.5, 0.6) is 0 Å². The lowest BCUT2D eigenvalue weighted by Crippen LogP contribution is -2.32. The van der Waals surface area contributed by atoms with Gasteiger partial charge in [-0.2, -0.15) is 5.10 Å². The maximum absolute atomic E-state index is 11.4. The quantitative estimate of drug-likeness (QED) is 0.680. The van der Waals surface area contributed by atoms with E-state index < -0.39 is 5.91 Å². The predicted molar refractivity (Wildman–Crippen MR) is 118 cm³/mol. The number of carbonyl (C=O) groups is 1. The Balaban J connectivity index is 1.37. The minimum atomic E-state index is -0.412. The number of benzene rings is 1. The molecule has 3 heterocycles. The Morgan fingerprint density at radius 3 is 2.60 bits per heavy atom. The highest BCUT2D eigenvalue weighted by atomic mass is 16.1. The number of pyridine rings is 1. The van der Waals surface area contributed by atoms with E-state index in [-0.39, 0.29) is 0 Å². The van der Waals surface area contributed by atoms with Gasteiger partial charge in [0, 0.05) is 53.8 Å². The molecule has 30 heavy (non-hydrogen) atoms. The van der Waals surface area contributed by atoms with Crippen LogP contribution in [0.2, 0.25) is 0 Å². The first kappa shape index (κ1) is 20.3. The van der Waals surface area contributed by atoms with Crippen LogP contribution in [0, 0.1) is 6.92 Å². The molecule has 2 aromatic heterocycles. The Labute approximate surface area is 177 Å². The molecule has 0 radical (unpaired) electrons. The van der Waals surface area contributed by atoms with Gasteiger partial charge < -0.3 is 5.73 Å². The number of hydrogen-bond donors (Lipinski definition) is 1. The second-order valence-electron chi connectivity index (χ2n) is 8.06. The SMILES string of the molecule is CCn1cc(CN2CCC(c3ccc(-c4cccc(C(N)=O)c4)cn3)CC2)c(C)n1. The van der Waals surface area contributed by atoms with E-state index in [0.717, 1.165) is 61.5 Å². The summed E-state index contributed by atoms with van der Waals surface area (Å²) in [6.07, 6.45) is 6.31. The first-order valence-electron chi connectivity index (χ1n) is 10.6. The molecular formula is C24H29N5O. The van der Waals surface area contributed by atoms with Crippen molar-refractivity contribution in [1.29, 1.82) is 0 Å². The van der Waals surface area contributed by atoms with Crippen LogP contribution in [0.15, 0.2) is 48.8 Å².